The number of hydrogen-bond acceptors (Lipinski definition) is 4. The van der Waals surface area contributed by atoms with Crippen LogP contribution in [0.15, 0.2) is 57.7 Å². The van der Waals surface area contributed by atoms with Crippen molar-refractivity contribution in [2.45, 2.75) is 32.2 Å². The van der Waals surface area contributed by atoms with Crippen LogP contribution in [0.1, 0.15) is 25.7 Å². The molecular formula is C21H23N3O3. The molecule has 0 spiro atoms. The van der Waals surface area contributed by atoms with E-state index in [-0.39, 0.29) is 18.9 Å². The van der Waals surface area contributed by atoms with E-state index in [0.29, 0.717) is 11.1 Å². The third-order valence-electron chi connectivity index (χ3n) is 5.01. The molecule has 0 bridgehead atoms. The quantitative estimate of drug-likeness (QED) is 0.750. The van der Waals surface area contributed by atoms with Gasteiger partial charge in [0.25, 0.3) is 0 Å². The Labute approximate surface area is 157 Å². The second kappa shape index (κ2) is 7.70. The molecule has 0 saturated carbocycles. The molecule has 0 unspecified atom stereocenters. The Hall–Kier alpha value is -3.02. The van der Waals surface area contributed by atoms with Gasteiger partial charge in [-0.15, -0.1) is 0 Å². The first-order valence-electron chi connectivity index (χ1n) is 9.44. The van der Waals surface area contributed by atoms with Crippen molar-refractivity contribution < 1.29 is 9.21 Å². The molecule has 6 nitrogen and oxygen atoms in total. The van der Waals surface area contributed by atoms with Gasteiger partial charge in [-0.3, -0.25) is 9.36 Å². The van der Waals surface area contributed by atoms with Gasteiger partial charge in [-0.25, -0.2) is 4.79 Å². The molecule has 0 radical (unpaired) electrons. The third kappa shape index (κ3) is 3.89. The van der Waals surface area contributed by atoms with E-state index < -0.39 is 5.76 Å². The van der Waals surface area contributed by atoms with E-state index in [9.17, 15) is 9.59 Å². The van der Waals surface area contributed by atoms with Gasteiger partial charge in [-0.1, -0.05) is 12.1 Å². The summed E-state index contributed by atoms with van der Waals surface area (Å²) in [5.41, 5.74) is 3.21. The minimum atomic E-state index is -0.435. The zero-order valence-corrected chi connectivity index (χ0v) is 15.2. The zero-order valence-electron chi connectivity index (χ0n) is 15.2. The maximum Gasteiger partial charge on any atom is 0.419 e. The summed E-state index contributed by atoms with van der Waals surface area (Å²) in [6, 6.07) is 15.2. The van der Waals surface area contributed by atoms with Crippen molar-refractivity contribution in [2.24, 2.45) is 0 Å². The van der Waals surface area contributed by atoms with Gasteiger partial charge in [0.1, 0.15) is 0 Å². The number of anilines is 2. The number of fused-ring (bicyclic) bond motifs is 1. The van der Waals surface area contributed by atoms with E-state index in [1.807, 2.05) is 30.3 Å². The molecule has 4 rings (SSSR count). The van der Waals surface area contributed by atoms with Crippen LogP contribution in [0.5, 0.6) is 0 Å². The fourth-order valence-corrected chi connectivity index (χ4v) is 3.57. The zero-order chi connectivity index (χ0) is 18.6. The number of rotatable bonds is 5. The van der Waals surface area contributed by atoms with Gasteiger partial charge >= 0.3 is 5.76 Å². The normalized spacial score (nSPS) is 14.4. The van der Waals surface area contributed by atoms with Gasteiger partial charge in [0.2, 0.25) is 5.91 Å². The van der Waals surface area contributed by atoms with Crippen molar-refractivity contribution >= 4 is 28.4 Å². The maximum absolute atomic E-state index is 12.3. The summed E-state index contributed by atoms with van der Waals surface area (Å²) in [5, 5.41) is 2.90. The molecule has 1 saturated heterocycles. The Morgan fingerprint density at radius 3 is 2.52 bits per heavy atom. The summed E-state index contributed by atoms with van der Waals surface area (Å²) < 4.78 is 6.69. The molecule has 1 fully saturated rings. The summed E-state index contributed by atoms with van der Waals surface area (Å²) in [5.74, 6) is -0.562. The van der Waals surface area contributed by atoms with E-state index >= 15 is 0 Å². The molecule has 2 aromatic carbocycles. The van der Waals surface area contributed by atoms with Crippen molar-refractivity contribution in [2.75, 3.05) is 23.3 Å². The predicted octanol–water partition coefficient (Wildman–Crippen LogP) is 3.61. The number of oxazole rings is 1. The first-order chi connectivity index (χ1) is 13.2. The van der Waals surface area contributed by atoms with Gasteiger partial charge in [0, 0.05) is 37.4 Å². The minimum Gasteiger partial charge on any atom is -0.408 e. The lowest BCUT2D eigenvalue weighted by molar-refractivity contribution is -0.116. The van der Waals surface area contributed by atoms with Crippen LogP contribution in [0.4, 0.5) is 11.4 Å². The number of nitrogens with one attached hydrogen (secondary N) is 1. The molecule has 1 aliphatic heterocycles. The van der Waals surface area contributed by atoms with Crippen LogP contribution in [-0.4, -0.2) is 23.6 Å². The Morgan fingerprint density at radius 2 is 1.74 bits per heavy atom. The van der Waals surface area contributed by atoms with Crippen molar-refractivity contribution in [3.05, 3.63) is 59.1 Å². The largest absolute Gasteiger partial charge is 0.419 e. The van der Waals surface area contributed by atoms with Crippen LogP contribution < -0.4 is 16.0 Å². The van der Waals surface area contributed by atoms with Gasteiger partial charge in [0.15, 0.2) is 5.58 Å². The number of carbonyl (C=O) groups is 1. The van der Waals surface area contributed by atoms with E-state index in [4.69, 9.17) is 4.42 Å². The van der Waals surface area contributed by atoms with E-state index in [0.717, 1.165) is 18.8 Å². The molecule has 1 amide bonds. The molecule has 140 valence electrons. The standard InChI is InChI=1S/C21H23N3O3/c25-20(12-15-24-18-6-2-3-7-19(18)27-21(24)26)22-16-8-10-17(11-9-16)23-13-4-1-5-14-23/h2-3,6-11H,1,4-5,12-15H2,(H,22,25). The topological polar surface area (TPSA) is 67.5 Å². The molecule has 1 aromatic heterocycles. The van der Waals surface area contributed by atoms with Crippen LogP contribution in [0.3, 0.4) is 0 Å². The van der Waals surface area contributed by atoms with Crippen LogP contribution >= 0.6 is 0 Å². The van der Waals surface area contributed by atoms with E-state index in [1.165, 1.54) is 29.5 Å². The Bertz CT molecular complexity index is 982. The summed E-state index contributed by atoms with van der Waals surface area (Å²) >= 11 is 0. The average Bonchev–Trinajstić information content (AvgIpc) is 3.03. The van der Waals surface area contributed by atoms with Gasteiger partial charge in [-0.05, 0) is 55.7 Å². The third-order valence-corrected chi connectivity index (χ3v) is 5.01. The first-order valence-corrected chi connectivity index (χ1v) is 9.44. The second-order valence-electron chi connectivity index (χ2n) is 6.88. The number of amides is 1. The number of carbonyl (C=O) groups excluding carboxylic acids is 1. The molecular weight excluding hydrogens is 342 g/mol. The van der Waals surface area contributed by atoms with Crippen LogP contribution in [0.25, 0.3) is 11.1 Å². The average molecular weight is 365 g/mol. The summed E-state index contributed by atoms with van der Waals surface area (Å²) in [7, 11) is 0. The highest BCUT2D eigenvalue weighted by Gasteiger charge is 2.12. The molecule has 6 heteroatoms. The lowest BCUT2D eigenvalue weighted by atomic mass is 10.1. The predicted molar refractivity (Wildman–Crippen MR) is 106 cm³/mol. The molecule has 3 aromatic rings. The van der Waals surface area contributed by atoms with Gasteiger partial charge in [0.05, 0.1) is 5.52 Å². The fourth-order valence-electron chi connectivity index (χ4n) is 3.57. The molecule has 1 N–H and O–H groups in total. The fraction of sp³-hybridized carbons (Fsp3) is 0.333. The highest BCUT2D eigenvalue weighted by atomic mass is 16.4. The molecule has 2 heterocycles. The Balaban J connectivity index is 1.36. The van der Waals surface area contributed by atoms with E-state index in [2.05, 4.69) is 22.3 Å². The summed E-state index contributed by atoms with van der Waals surface area (Å²) in [6.45, 7) is 2.48. The number of para-hydroxylation sites is 2. The van der Waals surface area contributed by atoms with Crippen molar-refractivity contribution in [1.29, 1.82) is 0 Å². The highest BCUT2D eigenvalue weighted by Crippen LogP contribution is 2.22. The molecule has 0 aliphatic carbocycles. The Morgan fingerprint density at radius 1 is 1.00 bits per heavy atom. The van der Waals surface area contributed by atoms with E-state index in [1.54, 1.807) is 6.07 Å². The minimum absolute atomic E-state index is 0.127. The van der Waals surface area contributed by atoms with Gasteiger partial charge in [-0.2, -0.15) is 0 Å². The smallest absolute Gasteiger partial charge is 0.408 e. The number of aryl methyl sites for hydroxylation is 1. The summed E-state index contributed by atoms with van der Waals surface area (Å²) in [6.07, 6.45) is 3.98. The molecule has 27 heavy (non-hydrogen) atoms. The number of aromatic nitrogens is 1. The van der Waals surface area contributed by atoms with Crippen LogP contribution in [0, 0.1) is 0 Å². The number of hydrogen-bond donors (Lipinski definition) is 1. The van der Waals surface area contributed by atoms with Crippen LogP contribution in [-0.2, 0) is 11.3 Å². The summed E-state index contributed by atoms with van der Waals surface area (Å²) in [4.78, 5) is 26.6. The lowest BCUT2D eigenvalue weighted by Crippen LogP contribution is -2.29. The van der Waals surface area contributed by atoms with Crippen LogP contribution in [0.2, 0.25) is 0 Å². The van der Waals surface area contributed by atoms with Crippen molar-refractivity contribution in [1.82, 2.24) is 4.57 Å². The molecule has 1 aliphatic rings. The monoisotopic (exact) mass is 365 g/mol. The highest BCUT2D eigenvalue weighted by molar-refractivity contribution is 5.91. The maximum atomic E-state index is 12.3. The van der Waals surface area contributed by atoms with Crippen molar-refractivity contribution in [3.63, 3.8) is 0 Å². The molecule has 0 atom stereocenters. The van der Waals surface area contributed by atoms with Crippen molar-refractivity contribution in [3.8, 4) is 0 Å². The SMILES string of the molecule is O=C(CCn1c(=O)oc2ccccc21)Nc1ccc(N2CCCCC2)cc1. The van der Waals surface area contributed by atoms with Gasteiger partial charge < -0.3 is 14.6 Å². The Kier molecular flexibility index (Phi) is 4.96. The number of piperidine rings is 1. The number of benzene rings is 2. The number of nitrogens with zero attached hydrogens (tertiary/aromatic N) is 2. The lowest BCUT2D eigenvalue weighted by Gasteiger charge is -2.28. The first kappa shape index (κ1) is 17.4. The second-order valence-corrected chi connectivity index (χ2v) is 6.88.